The van der Waals surface area contributed by atoms with Crippen LogP contribution in [0.3, 0.4) is 0 Å². The van der Waals surface area contributed by atoms with E-state index in [1.165, 1.54) is 20.0 Å². The first-order valence-electron chi connectivity index (χ1n) is 9.00. The summed E-state index contributed by atoms with van der Waals surface area (Å²) in [5.41, 5.74) is 1.47. The number of aliphatic hydroxyl groups is 1. The van der Waals surface area contributed by atoms with Crippen molar-refractivity contribution in [1.29, 1.82) is 0 Å². The van der Waals surface area contributed by atoms with E-state index in [1.807, 2.05) is 22.7 Å². The third kappa shape index (κ3) is 3.75. The van der Waals surface area contributed by atoms with Crippen molar-refractivity contribution in [2.24, 2.45) is 0 Å². The second kappa shape index (κ2) is 8.24. The van der Waals surface area contributed by atoms with Gasteiger partial charge in [0, 0.05) is 39.5 Å². The Bertz CT molecular complexity index is 900. The highest BCUT2D eigenvalue weighted by atomic mass is 35.5. The summed E-state index contributed by atoms with van der Waals surface area (Å²) in [6, 6.07) is 13.0. The molecule has 0 saturated carbocycles. The van der Waals surface area contributed by atoms with E-state index in [0.29, 0.717) is 6.04 Å². The number of hydrogen-bond acceptors (Lipinski definition) is 4. The minimum Gasteiger partial charge on any atom is -0.396 e. The Hall–Kier alpha value is -1.17. The SMILES string of the molecule is OCCCC1=CC(c2cccs2)N(Cc2sc3ccccc3c2Cl)CC1. The maximum atomic E-state index is 9.14. The summed E-state index contributed by atoms with van der Waals surface area (Å²) < 4.78 is 1.26. The molecule has 0 fully saturated rings. The molecule has 5 heteroatoms. The fraction of sp³-hybridized carbons (Fsp3) is 0.333. The van der Waals surface area contributed by atoms with Crippen LogP contribution in [0.5, 0.6) is 0 Å². The summed E-state index contributed by atoms with van der Waals surface area (Å²) in [5.74, 6) is 0. The number of rotatable bonds is 6. The fourth-order valence-corrected chi connectivity index (χ4v) is 5.95. The zero-order valence-corrected chi connectivity index (χ0v) is 16.9. The number of benzene rings is 1. The Morgan fingerprint density at radius 2 is 2.08 bits per heavy atom. The van der Waals surface area contributed by atoms with Crippen molar-refractivity contribution in [3.8, 4) is 0 Å². The summed E-state index contributed by atoms with van der Waals surface area (Å²) >= 11 is 10.3. The lowest BCUT2D eigenvalue weighted by Crippen LogP contribution is -2.31. The van der Waals surface area contributed by atoms with Crippen LogP contribution in [0.1, 0.15) is 35.1 Å². The predicted octanol–water partition coefficient (Wildman–Crippen LogP) is 6.26. The van der Waals surface area contributed by atoms with Crippen LogP contribution in [0.25, 0.3) is 10.1 Å². The van der Waals surface area contributed by atoms with Crippen LogP contribution in [0, 0.1) is 0 Å². The zero-order chi connectivity index (χ0) is 17.9. The van der Waals surface area contributed by atoms with Gasteiger partial charge in [0.2, 0.25) is 0 Å². The molecule has 0 saturated heterocycles. The van der Waals surface area contributed by atoms with E-state index in [-0.39, 0.29) is 6.61 Å². The van der Waals surface area contributed by atoms with Crippen molar-refractivity contribution in [3.63, 3.8) is 0 Å². The van der Waals surface area contributed by atoms with E-state index in [9.17, 15) is 0 Å². The lowest BCUT2D eigenvalue weighted by Gasteiger charge is -2.34. The minimum atomic E-state index is 0.266. The second-order valence-corrected chi connectivity index (χ2v) is 9.16. The summed E-state index contributed by atoms with van der Waals surface area (Å²) in [5, 5.41) is 13.4. The molecule has 2 nitrogen and oxygen atoms in total. The van der Waals surface area contributed by atoms with Crippen molar-refractivity contribution >= 4 is 44.4 Å². The molecule has 4 rings (SSSR count). The average molecular weight is 404 g/mol. The van der Waals surface area contributed by atoms with Gasteiger partial charge in [-0.1, -0.05) is 47.5 Å². The largest absolute Gasteiger partial charge is 0.396 e. The van der Waals surface area contributed by atoms with E-state index in [4.69, 9.17) is 16.7 Å². The van der Waals surface area contributed by atoms with Crippen LogP contribution in [-0.2, 0) is 6.54 Å². The van der Waals surface area contributed by atoms with E-state index in [2.05, 4.69) is 52.8 Å². The average Bonchev–Trinajstić information content (AvgIpc) is 3.30. The zero-order valence-electron chi connectivity index (χ0n) is 14.5. The fourth-order valence-electron chi connectivity index (χ4n) is 3.60. The molecule has 0 aliphatic carbocycles. The number of hydrogen-bond donors (Lipinski definition) is 1. The topological polar surface area (TPSA) is 23.5 Å². The van der Waals surface area contributed by atoms with E-state index in [1.54, 1.807) is 0 Å². The number of thiophene rings is 2. The van der Waals surface area contributed by atoms with Crippen molar-refractivity contribution < 1.29 is 5.11 Å². The molecule has 1 unspecified atom stereocenters. The van der Waals surface area contributed by atoms with Crippen molar-refractivity contribution in [3.05, 3.63) is 68.2 Å². The van der Waals surface area contributed by atoms with E-state index in [0.717, 1.165) is 42.8 Å². The summed E-state index contributed by atoms with van der Waals surface area (Å²) in [6.07, 6.45) is 5.33. The first-order chi connectivity index (χ1) is 12.8. The quantitative estimate of drug-likeness (QED) is 0.491. The Balaban J connectivity index is 1.61. The van der Waals surface area contributed by atoms with Crippen molar-refractivity contribution in [1.82, 2.24) is 4.90 Å². The molecular weight excluding hydrogens is 382 g/mol. The highest BCUT2D eigenvalue weighted by Crippen LogP contribution is 2.39. The molecule has 26 heavy (non-hydrogen) atoms. The summed E-state index contributed by atoms with van der Waals surface area (Å²) in [7, 11) is 0. The van der Waals surface area contributed by atoms with Crippen LogP contribution in [0.4, 0.5) is 0 Å². The lowest BCUT2D eigenvalue weighted by molar-refractivity contribution is 0.213. The molecule has 2 aromatic heterocycles. The Morgan fingerprint density at radius 3 is 2.85 bits per heavy atom. The van der Waals surface area contributed by atoms with Gasteiger partial charge in [0.25, 0.3) is 0 Å². The van der Waals surface area contributed by atoms with Crippen molar-refractivity contribution in [2.45, 2.75) is 31.8 Å². The molecule has 1 aromatic carbocycles. The first kappa shape index (κ1) is 18.2. The molecule has 3 heterocycles. The van der Waals surface area contributed by atoms with Gasteiger partial charge in [0.15, 0.2) is 0 Å². The third-order valence-electron chi connectivity index (χ3n) is 4.95. The van der Waals surface area contributed by atoms with Crippen LogP contribution in [0.15, 0.2) is 53.4 Å². The van der Waals surface area contributed by atoms with Crippen molar-refractivity contribution in [2.75, 3.05) is 13.2 Å². The number of fused-ring (bicyclic) bond motifs is 1. The van der Waals surface area contributed by atoms with E-state index < -0.39 is 0 Å². The van der Waals surface area contributed by atoms with Crippen LogP contribution < -0.4 is 0 Å². The van der Waals surface area contributed by atoms with Crippen LogP contribution in [0.2, 0.25) is 5.02 Å². The van der Waals surface area contributed by atoms with E-state index >= 15 is 0 Å². The number of halogens is 1. The van der Waals surface area contributed by atoms with Gasteiger partial charge in [-0.05, 0) is 36.8 Å². The molecule has 0 amide bonds. The van der Waals surface area contributed by atoms with Gasteiger partial charge in [0.05, 0.1) is 11.1 Å². The molecule has 1 aliphatic heterocycles. The van der Waals surface area contributed by atoms with Gasteiger partial charge in [-0.15, -0.1) is 22.7 Å². The van der Waals surface area contributed by atoms with Gasteiger partial charge < -0.3 is 5.11 Å². The predicted molar refractivity (Wildman–Crippen MR) is 113 cm³/mol. The van der Waals surface area contributed by atoms with Gasteiger partial charge in [-0.2, -0.15) is 0 Å². The summed E-state index contributed by atoms with van der Waals surface area (Å²) in [6.45, 7) is 2.18. The normalized spacial score (nSPS) is 18.4. The highest BCUT2D eigenvalue weighted by Gasteiger charge is 2.25. The molecule has 3 aromatic rings. The van der Waals surface area contributed by atoms with Gasteiger partial charge in [-0.25, -0.2) is 0 Å². The summed E-state index contributed by atoms with van der Waals surface area (Å²) in [4.78, 5) is 5.16. The maximum absolute atomic E-state index is 9.14. The van der Waals surface area contributed by atoms with Crippen LogP contribution in [-0.4, -0.2) is 23.2 Å². The molecule has 0 radical (unpaired) electrons. The first-order valence-corrected chi connectivity index (χ1v) is 11.1. The van der Waals surface area contributed by atoms with Gasteiger partial charge in [-0.3, -0.25) is 4.90 Å². The van der Waals surface area contributed by atoms with Gasteiger partial charge in [0.1, 0.15) is 0 Å². The molecule has 136 valence electrons. The molecule has 1 aliphatic rings. The molecule has 0 bridgehead atoms. The molecular formula is C21H22ClNOS2. The highest BCUT2D eigenvalue weighted by molar-refractivity contribution is 7.19. The third-order valence-corrected chi connectivity index (χ3v) is 7.59. The Kier molecular flexibility index (Phi) is 5.77. The monoisotopic (exact) mass is 403 g/mol. The number of aliphatic hydroxyl groups excluding tert-OH is 1. The smallest absolute Gasteiger partial charge is 0.0637 e. The second-order valence-electron chi connectivity index (χ2n) is 6.67. The Morgan fingerprint density at radius 1 is 1.19 bits per heavy atom. The standard InChI is InChI=1S/C21H22ClNOS2/c22-21-16-6-1-2-7-18(16)26-20(21)14-23-10-9-15(5-3-11-24)13-17(23)19-8-4-12-25-19/h1-2,4,6-8,12-13,17,24H,3,5,9-11,14H2. The Labute approximate surface area is 167 Å². The molecule has 1 N–H and O–H groups in total. The minimum absolute atomic E-state index is 0.266. The number of nitrogens with zero attached hydrogens (tertiary/aromatic N) is 1. The molecule has 1 atom stereocenters. The lowest BCUT2D eigenvalue weighted by atomic mass is 9.97. The van der Waals surface area contributed by atoms with Crippen LogP contribution >= 0.6 is 34.3 Å². The van der Waals surface area contributed by atoms with Gasteiger partial charge >= 0.3 is 0 Å². The molecule has 0 spiro atoms. The maximum Gasteiger partial charge on any atom is 0.0637 e.